The van der Waals surface area contributed by atoms with Crippen molar-refractivity contribution in [2.75, 3.05) is 27.0 Å². The molecule has 0 spiro atoms. The molecule has 0 bridgehead atoms. The van der Waals surface area contributed by atoms with E-state index >= 15 is 8.78 Å². The van der Waals surface area contributed by atoms with Crippen LogP contribution >= 0.6 is 0 Å². The minimum Gasteiger partial charge on any atom is -0.399 e. The van der Waals surface area contributed by atoms with E-state index < -0.39 is 55.4 Å². The first kappa shape index (κ1) is 20.8. The molecular formula is C29H35BF2N4O3. The summed E-state index contributed by atoms with van der Waals surface area (Å²) >= 11 is 0. The van der Waals surface area contributed by atoms with E-state index in [0.29, 0.717) is 43.8 Å². The SMILES string of the molecule is [2H]C([2H])([2H])N(C(=O)c1cc(F)c(C2=CCN(Cc3cc4c(B5OC(C)(C)C(C)(C)O5)ccnc4n3C)CC2)c(F)c1)C([2H])([2H])[2H]. The van der Waals surface area contributed by atoms with E-state index in [9.17, 15) is 4.79 Å². The first-order valence-electron chi connectivity index (χ1n) is 15.8. The van der Waals surface area contributed by atoms with Crippen molar-refractivity contribution in [2.45, 2.75) is 51.9 Å². The molecule has 0 N–H and O–H groups in total. The summed E-state index contributed by atoms with van der Waals surface area (Å²) in [4.78, 5) is 19.1. The van der Waals surface area contributed by atoms with Crippen molar-refractivity contribution < 1.29 is 31.1 Å². The lowest BCUT2D eigenvalue weighted by atomic mass is 9.78. The molecule has 5 rings (SSSR count). The Labute approximate surface area is 237 Å². The molecule has 39 heavy (non-hydrogen) atoms. The second-order valence-electron chi connectivity index (χ2n) is 11.1. The van der Waals surface area contributed by atoms with E-state index in [4.69, 9.17) is 17.5 Å². The summed E-state index contributed by atoms with van der Waals surface area (Å²) in [5.74, 6) is -3.68. The van der Waals surface area contributed by atoms with E-state index in [2.05, 4.69) is 16.0 Å². The van der Waals surface area contributed by atoms with Gasteiger partial charge in [-0.15, -0.1) is 0 Å². The summed E-state index contributed by atoms with van der Waals surface area (Å²) in [5.41, 5.74) is 1.01. The predicted octanol–water partition coefficient (Wildman–Crippen LogP) is 4.14. The number of carbonyl (C=O) groups is 1. The van der Waals surface area contributed by atoms with Crippen molar-refractivity contribution in [3.05, 3.63) is 65.0 Å². The van der Waals surface area contributed by atoms with Crippen LogP contribution in [0.3, 0.4) is 0 Å². The molecule has 0 radical (unpaired) electrons. The van der Waals surface area contributed by atoms with E-state index in [1.54, 1.807) is 12.3 Å². The summed E-state index contributed by atoms with van der Waals surface area (Å²) in [6.45, 7) is 2.74. The van der Waals surface area contributed by atoms with Gasteiger partial charge in [-0.1, -0.05) is 6.08 Å². The molecule has 10 heteroatoms. The number of amides is 1. The van der Waals surface area contributed by atoms with Crippen LogP contribution in [0.15, 0.2) is 36.5 Å². The number of benzene rings is 1. The summed E-state index contributed by atoms with van der Waals surface area (Å²) in [6, 6.07) is 5.31. The van der Waals surface area contributed by atoms with Crippen molar-refractivity contribution in [3.8, 4) is 0 Å². The molecule has 0 aliphatic carbocycles. The number of fused-ring (bicyclic) bond motifs is 1. The zero-order valence-corrected chi connectivity index (χ0v) is 22.6. The van der Waals surface area contributed by atoms with Crippen molar-refractivity contribution in [3.63, 3.8) is 0 Å². The fourth-order valence-corrected chi connectivity index (χ4v) is 5.06. The molecule has 7 nitrogen and oxygen atoms in total. The standard InChI is InChI=1S/C29H35BF2N4O3/c1-28(2)29(3,4)39-30(38-28)22-8-11-33-26-21(22)16-20(35(26)7)17-36-12-9-18(10-13-36)25-23(31)14-19(15-24(25)32)27(37)34(5)6/h8-9,11,14-16H,10,12-13,17H2,1-7H3/i5D3,6D3. The molecule has 1 amide bonds. The number of halogens is 2. The maximum Gasteiger partial charge on any atom is 0.495 e. The molecule has 2 aliphatic heterocycles. The molecule has 206 valence electrons. The van der Waals surface area contributed by atoms with Gasteiger partial charge in [-0.2, -0.15) is 0 Å². The van der Waals surface area contributed by atoms with Crippen LogP contribution in [-0.2, 0) is 22.9 Å². The zero-order chi connectivity index (χ0) is 33.3. The number of nitrogens with zero attached hydrogens (tertiary/aromatic N) is 4. The van der Waals surface area contributed by atoms with Gasteiger partial charge < -0.3 is 18.8 Å². The van der Waals surface area contributed by atoms with Gasteiger partial charge in [0.25, 0.3) is 5.91 Å². The smallest absolute Gasteiger partial charge is 0.399 e. The summed E-state index contributed by atoms with van der Waals surface area (Å²) in [5, 5.41) is 0.913. The molecule has 3 aromatic rings. The Morgan fingerprint density at radius 1 is 1.15 bits per heavy atom. The number of hydrogen-bond donors (Lipinski definition) is 0. The fraction of sp³-hybridized carbons (Fsp3) is 0.448. The molecule has 0 saturated carbocycles. The van der Waals surface area contributed by atoms with Crippen molar-refractivity contribution >= 4 is 35.1 Å². The van der Waals surface area contributed by atoms with Crippen LogP contribution in [0.4, 0.5) is 8.78 Å². The van der Waals surface area contributed by atoms with E-state index in [0.717, 1.165) is 22.2 Å². The van der Waals surface area contributed by atoms with Gasteiger partial charge in [0.15, 0.2) is 0 Å². The van der Waals surface area contributed by atoms with Gasteiger partial charge in [-0.05, 0) is 69.4 Å². The molecule has 2 aliphatic rings. The highest BCUT2D eigenvalue weighted by Crippen LogP contribution is 2.37. The Balaban J connectivity index is 1.34. The minimum atomic E-state index is -3.34. The van der Waals surface area contributed by atoms with Crippen LogP contribution in [-0.4, -0.2) is 70.6 Å². The summed E-state index contributed by atoms with van der Waals surface area (Å²) in [7, 11) is 1.38. The highest BCUT2D eigenvalue weighted by molar-refractivity contribution is 6.65. The number of aryl methyl sites for hydroxylation is 1. The van der Waals surface area contributed by atoms with Gasteiger partial charge in [-0.3, -0.25) is 9.69 Å². The molecule has 0 unspecified atom stereocenters. The van der Waals surface area contributed by atoms with Gasteiger partial charge in [0.2, 0.25) is 0 Å². The van der Waals surface area contributed by atoms with Crippen LogP contribution in [0.5, 0.6) is 0 Å². The van der Waals surface area contributed by atoms with Crippen molar-refractivity contribution in [1.29, 1.82) is 0 Å². The van der Waals surface area contributed by atoms with Crippen molar-refractivity contribution in [1.82, 2.24) is 19.4 Å². The minimum absolute atomic E-state index is 0.305. The topological polar surface area (TPSA) is 59.8 Å². The average molecular weight is 542 g/mol. The normalized spacial score (nSPS) is 21.9. The first-order valence-corrected chi connectivity index (χ1v) is 12.8. The zero-order valence-electron chi connectivity index (χ0n) is 28.6. The molecule has 0 atom stereocenters. The molecular weight excluding hydrogens is 501 g/mol. The molecule has 2 aromatic heterocycles. The van der Waals surface area contributed by atoms with Gasteiger partial charge in [0, 0.05) is 77.3 Å². The lowest BCUT2D eigenvalue weighted by Crippen LogP contribution is -2.41. The van der Waals surface area contributed by atoms with E-state index in [-0.39, 0.29) is 10.5 Å². The van der Waals surface area contributed by atoms with Crippen LogP contribution in [0.25, 0.3) is 16.6 Å². The van der Waals surface area contributed by atoms with E-state index in [1.165, 1.54) is 0 Å². The lowest BCUT2D eigenvalue weighted by molar-refractivity contribution is 0.00578. The van der Waals surface area contributed by atoms with Crippen LogP contribution in [0, 0.1) is 11.6 Å². The third-order valence-corrected chi connectivity index (χ3v) is 8.06. The van der Waals surface area contributed by atoms with Crippen LogP contribution in [0.2, 0.25) is 0 Å². The van der Waals surface area contributed by atoms with Crippen LogP contribution in [0.1, 0.15) is 64.0 Å². The number of aromatic nitrogens is 2. The number of hydrogen-bond acceptors (Lipinski definition) is 5. The van der Waals surface area contributed by atoms with Crippen LogP contribution < -0.4 is 5.46 Å². The second-order valence-corrected chi connectivity index (χ2v) is 11.1. The van der Waals surface area contributed by atoms with Crippen molar-refractivity contribution in [2.24, 2.45) is 7.05 Å². The predicted molar refractivity (Wildman–Crippen MR) is 149 cm³/mol. The molecule has 1 saturated heterocycles. The summed E-state index contributed by atoms with van der Waals surface area (Å²) < 4.78 is 89.5. The first-order chi connectivity index (χ1) is 20.7. The highest BCUT2D eigenvalue weighted by Gasteiger charge is 2.52. The molecule has 1 fully saturated rings. The van der Waals surface area contributed by atoms with Gasteiger partial charge in [0.1, 0.15) is 17.3 Å². The van der Waals surface area contributed by atoms with E-state index in [1.807, 2.05) is 45.4 Å². The second kappa shape index (κ2) is 9.84. The largest absolute Gasteiger partial charge is 0.495 e. The Morgan fingerprint density at radius 2 is 1.82 bits per heavy atom. The van der Waals surface area contributed by atoms with Gasteiger partial charge in [0.05, 0.1) is 11.2 Å². The third-order valence-electron chi connectivity index (χ3n) is 8.06. The third kappa shape index (κ3) is 4.90. The summed E-state index contributed by atoms with van der Waals surface area (Å²) in [6.07, 6.45) is 3.74. The monoisotopic (exact) mass is 542 g/mol. The highest BCUT2D eigenvalue weighted by atomic mass is 19.1. The maximum absolute atomic E-state index is 15.2. The lowest BCUT2D eigenvalue weighted by Gasteiger charge is -2.32. The number of pyridine rings is 1. The molecule has 4 heterocycles. The van der Waals surface area contributed by atoms with Gasteiger partial charge in [-0.25, -0.2) is 13.8 Å². The Bertz CT molecular complexity index is 1640. The van der Waals surface area contributed by atoms with Gasteiger partial charge >= 0.3 is 7.12 Å². The number of rotatable bonds is 5. The Morgan fingerprint density at radius 3 is 2.41 bits per heavy atom. The fourth-order valence-electron chi connectivity index (χ4n) is 5.06. The average Bonchev–Trinajstić information content (AvgIpc) is 3.33. The number of carbonyl (C=O) groups excluding carboxylic acids is 1. The maximum atomic E-state index is 15.2. The Hall–Kier alpha value is -3.08. The molecule has 1 aromatic carbocycles. The Kier molecular flexibility index (Phi) is 5.24. The quantitative estimate of drug-likeness (QED) is 0.454.